The first-order chi connectivity index (χ1) is 17.6. The monoisotopic (exact) mass is 497 g/mol. The zero-order chi connectivity index (χ0) is 27.4. The summed E-state index contributed by atoms with van der Waals surface area (Å²) in [5.41, 5.74) is 7.86. The molecule has 1 aromatic heterocycles. The van der Waals surface area contributed by atoms with Crippen molar-refractivity contribution in [2.45, 2.75) is 60.3 Å². The summed E-state index contributed by atoms with van der Waals surface area (Å²) in [6.45, 7) is 15.8. The van der Waals surface area contributed by atoms with E-state index >= 15 is 0 Å². The molecule has 5 heteroatoms. The second-order valence-electron chi connectivity index (χ2n) is 9.15. The standard InChI is InChI=1S/C21H22N2O2.C11H17N/c1-14-7-9-19(10-8-14)23-16(3)12-18(22-23)13-20(21(24)25)17-6-4-5-15(2)11-17;1-5-9-12-11(6-2)8-7-10(3)4/h4-12,20H,13H2,1-3H3,(H,24,25);6-9H,3,5H2,1-2,4H3/b;8-7-,11-6-,12-9?. The molecule has 0 radical (unpaired) electrons. The zero-order valence-electron chi connectivity index (χ0n) is 22.9. The minimum Gasteiger partial charge on any atom is -0.481 e. The molecule has 1 atom stereocenters. The van der Waals surface area contributed by atoms with Crippen LogP contribution < -0.4 is 0 Å². The molecule has 1 heterocycles. The Kier molecular flexibility index (Phi) is 11.5. The first-order valence-electron chi connectivity index (χ1n) is 12.6. The average molecular weight is 498 g/mol. The van der Waals surface area contributed by atoms with Crippen LogP contribution in [0.3, 0.4) is 0 Å². The van der Waals surface area contributed by atoms with Crippen LogP contribution in [0, 0.1) is 20.8 Å². The lowest BCUT2D eigenvalue weighted by Crippen LogP contribution is -2.15. The van der Waals surface area contributed by atoms with Gasteiger partial charge in [-0.25, -0.2) is 4.68 Å². The molecule has 37 heavy (non-hydrogen) atoms. The fourth-order valence-corrected chi connectivity index (χ4v) is 3.67. The number of hydrogen-bond donors (Lipinski definition) is 1. The molecule has 0 bridgehead atoms. The van der Waals surface area contributed by atoms with Gasteiger partial charge in [0.15, 0.2) is 0 Å². The number of hydrogen-bond acceptors (Lipinski definition) is 3. The van der Waals surface area contributed by atoms with E-state index in [0.29, 0.717) is 6.42 Å². The third kappa shape index (κ3) is 9.53. The van der Waals surface area contributed by atoms with E-state index in [4.69, 9.17) is 0 Å². The van der Waals surface area contributed by atoms with Crippen LogP contribution in [0.15, 0.2) is 95.7 Å². The second kappa shape index (κ2) is 14.5. The second-order valence-corrected chi connectivity index (χ2v) is 9.15. The molecular formula is C32H39N3O2. The van der Waals surface area contributed by atoms with Crippen molar-refractivity contribution in [3.05, 3.63) is 119 Å². The van der Waals surface area contributed by atoms with Crippen molar-refractivity contribution in [3.8, 4) is 5.69 Å². The maximum absolute atomic E-state index is 11.8. The average Bonchev–Trinajstić information content (AvgIpc) is 3.23. The first-order valence-corrected chi connectivity index (χ1v) is 12.6. The Hall–Kier alpha value is -3.99. The van der Waals surface area contributed by atoms with Gasteiger partial charge in [0.1, 0.15) is 0 Å². The number of nitrogens with zero attached hydrogens (tertiary/aromatic N) is 3. The van der Waals surface area contributed by atoms with Gasteiger partial charge in [0.25, 0.3) is 0 Å². The lowest BCUT2D eigenvalue weighted by molar-refractivity contribution is -0.138. The van der Waals surface area contributed by atoms with Crippen LogP contribution in [-0.2, 0) is 11.2 Å². The lowest BCUT2D eigenvalue weighted by atomic mass is 9.93. The third-order valence-corrected chi connectivity index (χ3v) is 5.63. The highest BCUT2D eigenvalue weighted by Crippen LogP contribution is 2.23. The van der Waals surface area contributed by atoms with E-state index in [1.165, 1.54) is 5.56 Å². The molecule has 3 aromatic rings. The summed E-state index contributed by atoms with van der Waals surface area (Å²) in [7, 11) is 0. The number of rotatable bonds is 9. The Morgan fingerprint density at radius 3 is 2.35 bits per heavy atom. The van der Waals surface area contributed by atoms with Gasteiger partial charge in [-0.3, -0.25) is 9.79 Å². The van der Waals surface area contributed by atoms with Crippen molar-refractivity contribution in [3.63, 3.8) is 0 Å². The number of carboxylic acids is 1. The number of carbonyl (C=O) groups is 1. The van der Waals surface area contributed by atoms with Gasteiger partial charge in [0.2, 0.25) is 0 Å². The van der Waals surface area contributed by atoms with Crippen LogP contribution in [-0.4, -0.2) is 27.1 Å². The van der Waals surface area contributed by atoms with Crippen molar-refractivity contribution in [2.75, 3.05) is 0 Å². The topological polar surface area (TPSA) is 67.5 Å². The predicted octanol–water partition coefficient (Wildman–Crippen LogP) is 7.71. The van der Waals surface area contributed by atoms with Gasteiger partial charge < -0.3 is 5.11 Å². The van der Waals surface area contributed by atoms with E-state index < -0.39 is 11.9 Å². The first kappa shape index (κ1) is 29.2. The van der Waals surface area contributed by atoms with Crippen molar-refractivity contribution in [2.24, 2.45) is 4.99 Å². The van der Waals surface area contributed by atoms with Crippen molar-refractivity contribution < 1.29 is 9.90 Å². The van der Waals surface area contributed by atoms with E-state index in [1.54, 1.807) is 0 Å². The summed E-state index contributed by atoms with van der Waals surface area (Å²) in [4.78, 5) is 16.0. The van der Waals surface area contributed by atoms with Crippen molar-refractivity contribution in [1.29, 1.82) is 0 Å². The van der Waals surface area contributed by atoms with Gasteiger partial charge in [-0.1, -0.05) is 78.8 Å². The van der Waals surface area contributed by atoms with Crippen LogP contribution in [0.1, 0.15) is 61.2 Å². The minimum atomic E-state index is -0.826. The molecule has 1 unspecified atom stereocenters. The predicted molar refractivity (Wildman–Crippen MR) is 155 cm³/mol. The van der Waals surface area contributed by atoms with Gasteiger partial charge in [-0.2, -0.15) is 5.10 Å². The summed E-state index contributed by atoms with van der Waals surface area (Å²) < 4.78 is 1.87. The van der Waals surface area contributed by atoms with E-state index in [-0.39, 0.29) is 0 Å². The largest absolute Gasteiger partial charge is 0.481 e. The molecule has 3 rings (SSSR count). The highest BCUT2D eigenvalue weighted by Gasteiger charge is 2.22. The van der Waals surface area contributed by atoms with E-state index in [2.05, 4.69) is 23.6 Å². The molecule has 0 saturated heterocycles. The third-order valence-electron chi connectivity index (χ3n) is 5.63. The molecule has 0 amide bonds. The summed E-state index contributed by atoms with van der Waals surface area (Å²) in [6.07, 6.45) is 9.15. The van der Waals surface area contributed by atoms with Gasteiger partial charge in [-0.15, -0.1) is 0 Å². The molecule has 0 fully saturated rings. The Morgan fingerprint density at radius 2 is 1.78 bits per heavy atom. The quantitative estimate of drug-likeness (QED) is 0.243. The maximum atomic E-state index is 11.8. The van der Waals surface area contributed by atoms with E-state index in [9.17, 15) is 9.90 Å². The fraction of sp³-hybridized carbons (Fsp3) is 0.281. The van der Waals surface area contributed by atoms with Crippen LogP contribution in [0.5, 0.6) is 0 Å². The summed E-state index contributed by atoms with van der Waals surface area (Å²) in [5, 5.41) is 14.3. The minimum absolute atomic E-state index is 0.374. The molecular weight excluding hydrogens is 458 g/mol. The molecule has 194 valence electrons. The molecule has 2 aromatic carbocycles. The zero-order valence-corrected chi connectivity index (χ0v) is 22.9. The highest BCUT2D eigenvalue weighted by atomic mass is 16.4. The normalized spacial score (nSPS) is 12.4. The molecule has 1 N–H and O–H groups in total. The number of aryl methyl sites for hydroxylation is 3. The number of benzene rings is 2. The molecule has 0 saturated carbocycles. The Balaban J connectivity index is 0.000000341. The molecule has 0 aliphatic rings. The SMILES string of the molecule is C=C(C)/C=C\C(=C\C)N=CCC.Cc1ccc(-n2nc(CC(C(=O)O)c3cccc(C)c3)cc2C)cc1. The van der Waals surface area contributed by atoms with Crippen molar-refractivity contribution in [1.82, 2.24) is 9.78 Å². The number of aliphatic imine (C=N–C) groups is 1. The highest BCUT2D eigenvalue weighted by molar-refractivity contribution is 5.76. The van der Waals surface area contributed by atoms with E-state index in [1.807, 2.05) is 118 Å². The smallest absolute Gasteiger partial charge is 0.311 e. The Bertz CT molecular complexity index is 1280. The van der Waals surface area contributed by atoms with Crippen LogP contribution in [0.25, 0.3) is 5.69 Å². The van der Waals surface area contributed by atoms with E-state index in [0.717, 1.165) is 45.9 Å². The van der Waals surface area contributed by atoms with Gasteiger partial charge in [-0.05, 0) is 70.9 Å². The van der Waals surface area contributed by atoms with Crippen LogP contribution >= 0.6 is 0 Å². The number of carboxylic acid groups (broad SMARTS) is 1. The number of aromatic nitrogens is 2. The Labute approximate surface area is 221 Å². The molecule has 0 spiro atoms. The van der Waals surface area contributed by atoms with Gasteiger partial charge in [0.05, 0.1) is 23.0 Å². The molecule has 5 nitrogen and oxygen atoms in total. The summed E-state index contributed by atoms with van der Waals surface area (Å²) in [5.74, 6) is -1.42. The summed E-state index contributed by atoms with van der Waals surface area (Å²) >= 11 is 0. The maximum Gasteiger partial charge on any atom is 0.311 e. The summed E-state index contributed by atoms with van der Waals surface area (Å²) in [6, 6.07) is 17.8. The van der Waals surface area contributed by atoms with Gasteiger partial charge in [0, 0.05) is 18.3 Å². The fourth-order valence-electron chi connectivity index (χ4n) is 3.67. The number of aliphatic carboxylic acids is 1. The van der Waals surface area contributed by atoms with Gasteiger partial charge >= 0.3 is 5.97 Å². The lowest BCUT2D eigenvalue weighted by Gasteiger charge is -2.12. The van der Waals surface area contributed by atoms with Crippen LogP contribution in [0.4, 0.5) is 0 Å². The molecule has 0 aliphatic carbocycles. The number of allylic oxidation sites excluding steroid dienone is 4. The van der Waals surface area contributed by atoms with Crippen LogP contribution in [0.2, 0.25) is 0 Å². The Morgan fingerprint density at radius 1 is 1.08 bits per heavy atom. The molecule has 0 aliphatic heterocycles. The van der Waals surface area contributed by atoms with Crippen molar-refractivity contribution >= 4 is 12.2 Å².